The Labute approximate surface area is 158 Å². The van der Waals surface area contributed by atoms with E-state index >= 15 is 0 Å². The minimum Gasteiger partial charge on any atom is -0.379 e. The van der Waals surface area contributed by atoms with Gasteiger partial charge in [0.2, 0.25) is 0 Å². The highest BCUT2D eigenvalue weighted by atomic mass is 35.5. The van der Waals surface area contributed by atoms with E-state index in [1.165, 1.54) is 0 Å². The van der Waals surface area contributed by atoms with Crippen LogP contribution < -0.4 is 5.32 Å². The number of nitrogens with zero attached hydrogens (tertiary/aromatic N) is 3. The van der Waals surface area contributed by atoms with Crippen LogP contribution in [0.25, 0.3) is 0 Å². The second kappa shape index (κ2) is 7.87. The molecule has 0 unspecified atom stereocenters. The minimum atomic E-state index is -4.70. The normalized spacial score (nSPS) is 15.7. The van der Waals surface area contributed by atoms with Gasteiger partial charge in [0.25, 0.3) is 5.91 Å². The predicted molar refractivity (Wildman–Crippen MR) is 93.7 cm³/mol. The maximum absolute atomic E-state index is 13.0. The second-order valence-electron chi connectivity index (χ2n) is 6.18. The molecule has 1 fully saturated rings. The molecule has 0 bridgehead atoms. The second-order valence-corrected chi connectivity index (χ2v) is 6.55. The van der Waals surface area contributed by atoms with Crippen molar-refractivity contribution in [2.45, 2.75) is 12.7 Å². The smallest absolute Gasteiger partial charge is 0.379 e. The first-order chi connectivity index (χ1) is 12.8. The molecule has 0 aliphatic carbocycles. The zero-order valence-corrected chi connectivity index (χ0v) is 15.3. The summed E-state index contributed by atoms with van der Waals surface area (Å²) in [6.07, 6.45) is -4.70. The van der Waals surface area contributed by atoms with Crippen LogP contribution in [0.3, 0.4) is 0 Å². The molecule has 0 atom stereocenters. The lowest BCUT2D eigenvalue weighted by atomic mass is 10.1. The Balaban J connectivity index is 1.74. The molecule has 27 heavy (non-hydrogen) atoms. The SMILES string of the molecule is Cn1nc(C(=O)Nc2cccc(CN3CCOCC3)c2)c(Cl)c1C(F)(F)F. The van der Waals surface area contributed by atoms with E-state index in [1.807, 2.05) is 6.07 Å². The summed E-state index contributed by atoms with van der Waals surface area (Å²) in [5.74, 6) is -0.797. The summed E-state index contributed by atoms with van der Waals surface area (Å²) in [5.41, 5.74) is -0.195. The lowest BCUT2D eigenvalue weighted by Gasteiger charge is -2.26. The third-order valence-electron chi connectivity index (χ3n) is 4.17. The van der Waals surface area contributed by atoms with Crippen LogP contribution in [-0.4, -0.2) is 46.9 Å². The molecule has 2 heterocycles. The molecule has 10 heteroatoms. The van der Waals surface area contributed by atoms with Gasteiger partial charge in [0, 0.05) is 32.4 Å². The van der Waals surface area contributed by atoms with Crippen LogP contribution in [0.1, 0.15) is 21.7 Å². The number of nitrogens with one attached hydrogen (secondary N) is 1. The number of aryl methyl sites for hydroxylation is 1. The van der Waals surface area contributed by atoms with Crippen LogP contribution in [0, 0.1) is 0 Å². The number of alkyl halides is 3. The Morgan fingerprint density at radius 2 is 2.04 bits per heavy atom. The third-order valence-corrected chi connectivity index (χ3v) is 4.53. The molecule has 1 N–H and O–H groups in total. The number of carbonyl (C=O) groups is 1. The molecule has 1 saturated heterocycles. The quantitative estimate of drug-likeness (QED) is 0.853. The predicted octanol–water partition coefficient (Wildman–Crippen LogP) is 3.18. The average molecular weight is 403 g/mol. The van der Waals surface area contributed by atoms with E-state index in [2.05, 4.69) is 15.3 Å². The van der Waals surface area contributed by atoms with E-state index < -0.39 is 28.5 Å². The van der Waals surface area contributed by atoms with Crippen molar-refractivity contribution >= 4 is 23.2 Å². The Bertz CT molecular complexity index is 832. The molecule has 3 rings (SSSR count). The van der Waals surface area contributed by atoms with Crippen LogP contribution in [0.2, 0.25) is 5.02 Å². The standard InChI is InChI=1S/C17H18ClF3N4O2/c1-24-15(17(19,20)21)13(18)14(23-24)16(26)22-12-4-2-3-11(9-12)10-25-5-7-27-8-6-25/h2-4,9H,5-8,10H2,1H3,(H,22,26). The van der Waals surface area contributed by atoms with E-state index in [0.29, 0.717) is 30.1 Å². The lowest BCUT2D eigenvalue weighted by molar-refractivity contribution is -0.143. The maximum atomic E-state index is 13.0. The summed E-state index contributed by atoms with van der Waals surface area (Å²) in [5, 5.41) is 5.46. The van der Waals surface area contributed by atoms with Crippen LogP contribution >= 0.6 is 11.6 Å². The molecule has 2 aromatic rings. The van der Waals surface area contributed by atoms with E-state index in [0.717, 1.165) is 25.7 Å². The average Bonchev–Trinajstić information content (AvgIpc) is 2.90. The van der Waals surface area contributed by atoms with E-state index in [4.69, 9.17) is 16.3 Å². The van der Waals surface area contributed by atoms with Crippen molar-refractivity contribution in [3.63, 3.8) is 0 Å². The topological polar surface area (TPSA) is 59.4 Å². The number of benzene rings is 1. The minimum absolute atomic E-state index is 0.459. The molecule has 0 radical (unpaired) electrons. The van der Waals surface area contributed by atoms with Gasteiger partial charge in [-0.25, -0.2) is 0 Å². The number of anilines is 1. The molecule has 1 amide bonds. The van der Waals surface area contributed by atoms with Crippen LogP contribution in [0.15, 0.2) is 24.3 Å². The van der Waals surface area contributed by atoms with Gasteiger partial charge in [0.15, 0.2) is 11.4 Å². The van der Waals surface area contributed by atoms with E-state index in [9.17, 15) is 18.0 Å². The van der Waals surface area contributed by atoms with Gasteiger partial charge in [-0.15, -0.1) is 0 Å². The van der Waals surface area contributed by atoms with Gasteiger partial charge in [0.05, 0.1) is 13.2 Å². The van der Waals surface area contributed by atoms with E-state index in [-0.39, 0.29) is 0 Å². The van der Waals surface area contributed by atoms with Crippen LogP contribution in [-0.2, 0) is 24.5 Å². The van der Waals surface area contributed by atoms with Gasteiger partial charge in [-0.2, -0.15) is 18.3 Å². The molecular weight excluding hydrogens is 385 g/mol. The fraction of sp³-hybridized carbons (Fsp3) is 0.412. The first-order valence-corrected chi connectivity index (χ1v) is 8.63. The Morgan fingerprint density at radius 3 is 2.67 bits per heavy atom. The van der Waals surface area contributed by atoms with Crippen molar-refractivity contribution in [3.05, 3.63) is 46.2 Å². The highest BCUT2D eigenvalue weighted by Crippen LogP contribution is 2.36. The monoisotopic (exact) mass is 402 g/mol. The molecular formula is C17H18ClF3N4O2. The fourth-order valence-electron chi connectivity index (χ4n) is 2.91. The summed E-state index contributed by atoms with van der Waals surface area (Å²) in [4.78, 5) is 14.6. The van der Waals surface area contributed by atoms with Crippen molar-refractivity contribution in [2.24, 2.45) is 7.05 Å². The summed E-state index contributed by atoms with van der Waals surface area (Å²) in [6.45, 7) is 3.68. The summed E-state index contributed by atoms with van der Waals surface area (Å²) < 4.78 is 44.9. The number of rotatable bonds is 4. The van der Waals surface area contributed by atoms with Crippen molar-refractivity contribution in [3.8, 4) is 0 Å². The molecule has 1 aliphatic heterocycles. The summed E-state index contributed by atoms with van der Waals surface area (Å²) in [6, 6.07) is 7.12. The largest absolute Gasteiger partial charge is 0.434 e. The number of aromatic nitrogens is 2. The van der Waals surface area contributed by atoms with Gasteiger partial charge in [0.1, 0.15) is 5.02 Å². The maximum Gasteiger partial charge on any atom is 0.434 e. The number of halogens is 4. The Morgan fingerprint density at radius 1 is 1.33 bits per heavy atom. The number of morpholine rings is 1. The molecule has 6 nitrogen and oxygen atoms in total. The lowest BCUT2D eigenvalue weighted by Crippen LogP contribution is -2.35. The van der Waals surface area contributed by atoms with Crippen molar-refractivity contribution < 1.29 is 22.7 Å². The van der Waals surface area contributed by atoms with Crippen molar-refractivity contribution in [1.29, 1.82) is 0 Å². The van der Waals surface area contributed by atoms with Gasteiger partial charge in [-0.1, -0.05) is 23.7 Å². The van der Waals surface area contributed by atoms with Crippen molar-refractivity contribution in [1.82, 2.24) is 14.7 Å². The van der Waals surface area contributed by atoms with Crippen molar-refractivity contribution in [2.75, 3.05) is 31.6 Å². The van der Waals surface area contributed by atoms with Gasteiger partial charge < -0.3 is 10.1 Å². The third kappa shape index (κ3) is 4.60. The number of hydrogen-bond acceptors (Lipinski definition) is 4. The number of carbonyl (C=O) groups excluding carboxylic acids is 1. The first kappa shape index (κ1) is 19.7. The molecule has 1 aliphatic rings. The van der Waals surface area contributed by atoms with Crippen LogP contribution in [0.5, 0.6) is 0 Å². The summed E-state index contributed by atoms with van der Waals surface area (Å²) in [7, 11) is 1.09. The molecule has 0 spiro atoms. The van der Waals surface area contributed by atoms with Crippen LogP contribution in [0.4, 0.5) is 18.9 Å². The number of amides is 1. The highest BCUT2D eigenvalue weighted by molar-refractivity contribution is 6.34. The van der Waals surface area contributed by atoms with Gasteiger partial charge in [-0.3, -0.25) is 14.4 Å². The molecule has 1 aromatic carbocycles. The zero-order chi connectivity index (χ0) is 19.6. The van der Waals surface area contributed by atoms with Gasteiger partial charge >= 0.3 is 6.18 Å². The first-order valence-electron chi connectivity index (χ1n) is 8.26. The number of ether oxygens (including phenoxy) is 1. The van der Waals surface area contributed by atoms with Gasteiger partial charge in [-0.05, 0) is 17.7 Å². The summed E-state index contributed by atoms with van der Waals surface area (Å²) >= 11 is 5.75. The molecule has 146 valence electrons. The molecule has 0 saturated carbocycles. The van der Waals surface area contributed by atoms with E-state index in [1.54, 1.807) is 18.2 Å². The Kier molecular flexibility index (Phi) is 5.73. The Hall–Kier alpha value is -2.10. The fourth-order valence-corrected chi connectivity index (χ4v) is 3.26. The zero-order valence-electron chi connectivity index (χ0n) is 14.5. The number of hydrogen-bond donors (Lipinski definition) is 1. The highest BCUT2D eigenvalue weighted by Gasteiger charge is 2.40. The molecule has 1 aromatic heterocycles.